The summed E-state index contributed by atoms with van der Waals surface area (Å²) in [6.07, 6.45) is 0.365. The largest absolute Gasteiger partial charge is 0.324 e. The molecule has 0 heterocycles. The van der Waals surface area contributed by atoms with Crippen LogP contribution in [0, 0.1) is 0 Å². The van der Waals surface area contributed by atoms with Crippen molar-refractivity contribution in [2.75, 3.05) is 6.67 Å². The summed E-state index contributed by atoms with van der Waals surface area (Å²) in [5, 5.41) is 7.37. The van der Waals surface area contributed by atoms with Crippen molar-refractivity contribution in [3.63, 3.8) is 0 Å². The summed E-state index contributed by atoms with van der Waals surface area (Å²) >= 11 is 0. The van der Waals surface area contributed by atoms with Gasteiger partial charge in [-0.15, -0.1) is 0 Å². The number of hydrogen-bond acceptors (Lipinski definition) is 1. The summed E-state index contributed by atoms with van der Waals surface area (Å²) in [4.78, 5) is 0. The molecule has 2 heteroatoms. The third-order valence-corrected chi connectivity index (χ3v) is 4.38. The summed E-state index contributed by atoms with van der Waals surface area (Å²) < 4.78 is 12.6. The Morgan fingerprint density at radius 3 is 2.14 bits per heavy atom. The van der Waals surface area contributed by atoms with Crippen LogP contribution in [0.3, 0.4) is 0 Å². The van der Waals surface area contributed by atoms with E-state index in [-0.39, 0.29) is 12.7 Å². The van der Waals surface area contributed by atoms with Gasteiger partial charge in [0.2, 0.25) is 0 Å². The zero-order valence-electron chi connectivity index (χ0n) is 11.6. The highest BCUT2D eigenvalue weighted by atomic mass is 19.1. The Labute approximate surface area is 122 Å². The molecule has 0 bridgehead atoms. The molecule has 4 aromatic carbocycles. The summed E-state index contributed by atoms with van der Waals surface area (Å²) in [5.41, 5.74) is 7.20. The molecule has 0 amide bonds. The Hall–Kier alpha value is -2.19. The fourth-order valence-electron chi connectivity index (χ4n) is 3.35. The number of halogens is 1. The van der Waals surface area contributed by atoms with Crippen LogP contribution >= 0.6 is 0 Å². The zero-order valence-corrected chi connectivity index (χ0v) is 11.6. The molecule has 104 valence electrons. The number of benzene rings is 4. The summed E-state index contributed by atoms with van der Waals surface area (Å²) in [5.74, 6) is 0. The van der Waals surface area contributed by atoms with Crippen molar-refractivity contribution >= 4 is 32.3 Å². The van der Waals surface area contributed by atoms with Crippen LogP contribution in [0.25, 0.3) is 32.3 Å². The summed E-state index contributed by atoms with van der Waals surface area (Å²) in [6.45, 7) is -0.386. The Morgan fingerprint density at radius 1 is 0.810 bits per heavy atom. The Balaban J connectivity index is 2.15. The molecule has 4 aromatic rings. The molecule has 0 aliphatic heterocycles. The molecule has 21 heavy (non-hydrogen) atoms. The predicted octanol–water partition coefficient (Wildman–Crippen LogP) is 4.94. The molecule has 4 rings (SSSR count). The average molecular weight is 277 g/mol. The maximum atomic E-state index is 12.6. The molecule has 0 aliphatic carbocycles. The smallest absolute Gasteiger partial charge is 0.0912 e. The van der Waals surface area contributed by atoms with E-state index in [0.29, 0.717) is 6.42 Å². The summed E-state index contributed by atoms with van der Waals surface area (Å²) in [6, 6.07) is 18.8. The van der Waals surface area contributed by atoms with E-state index in [1.165, 1.54) is 26.9 Å². The first-order valence-corrected chi connectivity index (χ1v) is 7.27. The maximum Gasteiger partial charge on any atom is 0.0912 e. The quantitative estimate of drug-likeness (QED) is 0.527. The maximum absolute atomic E-state index is 12.6. The van der Waals surface area contributed by atoms with Crippen molar-refractivity contribution in [3.05, 3.63) is 60.2 Å². The molecule has 1 nitrogen and oxygen atoms in total. The number of rotatable bonds is 3. The van der Waals surface area contributed by atoms with Crippen LogP contribution < -0.4 is 5.73 Å². The lowest BCUT2D eigenvalue weighted by atomic mass is 9.89. The van der Waals surface area contributed by atoms with Crippen LogP contribution in [-0.4, -0.2) is 6.67 Å². The second-order valence-corrected chi connectivity index (χ2v) is 5.59. The highest BCUT2D eigenvalue weighted by Crippen LogP contribution is 2.37. The van der Waals surface area contributed by atoms with Crippen LogP contribution in [0.5, 0.6) is 0 Å². The topological polar surface area (TPSA) is 26.0 Å². The van der Waals surface area contributed by atoms with E-state index in [1.807, 2.05) is 6.07 Å². The molecule has 0 aliphatic rings. The van der Waals surface area contributed by atoms with Crippen LogP contribution in [0.2, 0.25) is 0 Å². The zero-order chi connectivity index (χ0) is 14.4. The molecule has 0 saturated carbocycles. The van der Waals surface area contributed by atoms with Gasteiger partial charge in [-0.05, 0) is 44.3 Å². The third-order valence-electron chi connectivity index (χ3n) is 4.38. The molecular weight excluding hydrogens is 261 g/mol. The minimum absolute atomic E-state index is 0.250. The van der Waals surface area contributed by atoms with Crippen LogP contribution in [0.1, 0.15) is 18.0 Å². The molecule has 0 aromatic heterocycles. The monoisotopic (exact) mass is 277 g/mol. The van der Waals surface area contributed by atoms with E-state index in [0.717, 1.165) is 10.9 Å². The normalized spacial score (nSPS) is 13.4. The first-order valence-electron chi connectivity index (χ1n) is 7.27. The lowest BCUT2D eigenvalue weighted by molar-refractivity contribution is 0.443. The molecule has 0 fully saturated rings. The van der Waals surface area contributed by atoms with Crippen molar-refractivity contribution in [1.29, 1.82) is 0 Å². The first kappa shape index (κ1) is 12.5. The van der Waals surface area contributed by atoms with Gasteiger partial charge in [0, 0.05) is 6.04 Å². The van der Waals surface area contributed by atoms with E-state index in [4.69, 9.17) is 5.73 Å². The van der Waals surface area contributed by atoms with Gasteiger partial charge in [0.05, 0.1) is 6.67 Å². The van der Waals surface area contributed by atoms with Gasteiger partial charge in [-0.2, -0.15) is 0 Å². The van der Waals surface area contributed by atoms with E-state index < -0.39 is 0 Å². The molecule has 1 atom stereocenters. The lowest BCUT2D eigenvalue weighted by Crippen LogP contribution is -2.11. The van der Waals surface area contributed by atoms with E-state index in [1.54, 1.807) is 0 Å². The van der Waals surface area contributed by atoms with Gasteiger partial charge in [-0.25, -0.2) is 0 Å². The van der Waals surface area contributed by atoms with Crippen molar-refractivity contribution in [2.24, 2.45) is 5.73 Å². The second-order valence-electron chi connectivity index (χ2n) is 5.59. The fourth-order valence-corrected chi connectivity index (χ4v) is 3.35. The average Bonchev–Trinajstić information content (AvgIpc) is 2.52. The molecule has 0 saturated heterocycles. The van der Waals surface area contributed by atoms with Gasteiger partial charge < -0.3 is 5.73 Å². The number of hydrogen-bond donors (Lipinski definition) is 1. The first-order chi connectivity index (χ1) is 10.3. The Kier molecular flexibility index (Phi) is 2.79. The Morgan fingerprint density at radius 2 is 1.43 bits per heavy atom. The van der Waals surface area contributed by atoms with Gasteiger partial charge in [-0.1, -0.05) is 54.6 Å². The molecule has 2 N–H and O–H groups in total. The van der Waals surface area contributed by atoms with E-state index >= 15 is 0 Å². The standard InChI is InChI=1S/C19H16FN/c20-11-10-17(21)15-8-6-14-5-4-12-2-1-3-13-7-9-16(15)19(14)18(12)13/h1-9,17H,10-11,21H2/t17-/m0/s1. The highest BCUT2D eigenvalue weighted by Gasteiger charge is 2.14. The minimum atomic E-state index is -0.386. The van der Waals surface area contributed by atoms with Crippen molar-refractivity contribution < 1.29 is 4.39 Å². The second kappa shape index (κ2) is 4.68. The van der Waals surface area contributed by atoms with Gasteiger partial charge >= 0.3 is 0 Å². The number of alkyl halides is 1. The minimum Gasteiger partial charge on any atom is -0.324 e. The van der Waals surface area contributed by atoms with Crippen LogP contribution in [-0.2, 0) is 0 Å². The summed E-state index contributed by atoms with van der Waals surface area (Å²) in [7, 11) is 0. The van der Waals surface area contributed by atoms with Crippen molar-refractivity contribution in [2.45, 2.75) is 12.5 Å². The lowest BCUT2D eigenvalue weighted by Gasteiger charge is -2.17. The Bertz CT molecular complexity index is 913. The van der Waals surface area contributed by atoms with Crippen LogP contribution in [0.15, 0.2) is 54.6 Å². The van der Waals surface area contributed by atoms with E-state index in [9.17, 15) is 4.39 Å². The SMILES string of the molecule is N[C@@H](CCF)c1ccc2ccc3cccc4ccc1c2c34. The van der Waals surface area contributed by atoms with Crippen molar-refractivity contribution in [1.82, 2.24) is 0 Å². The third kappa shape index (κ3) is 1.79. The van der Waals surface area contributed by atoms with Gasteiger partial charge in [0.25, 0.3) is 0 Å². The van der Waals surface area contributed by atoms with Gasteiger partial charge in [0.15, 0.2) is 0 Å². The molecule has 0 unspecified atom stereocenters. The van der Waals surface area contributed by atoms with Gasteiger partial charge in [0.1, 0.15) is 0 Å². The van der Waals surface area contributed by atoms with Crippen LogP contribution in [0.4, 0.5) is 4.39 Å². The fraction of sp³-hybridized carbons (Fsp3) is 0.158. The number of nitrogens with two attached hydrogens (primary N) is 1. The van der Waals surface area contributed by atoms with E-state index in [2.05, 4.69) is 48.5 Å². The highest BCUT2D eigenvalue weighted by molar-refractivity contribution is 6.23. The predicted molar refractivity (Wildman–Crippen MR) is 87.7 cm³/mol. The van der Waals surface area contributed by atoms with Crippen molar-refractivity contribution in [3.8, 4) is 0 Å². The molecule has 0 spiro atoms. The molecular formula is C19H16FN. The molecule has 0 radical (unpaired) electrons. The van der Waals surface area contributed by atoms with Gasteiger partial charge in [-0.3, -0.25) is 4.39 Å².